The van der Waals surface area contributed by atoms with Gasteiger partial charge < -0.3 is 14.5 Å². The van der Waals surface area contributed by atoms with E-state index in [1.54, 1.807) is 18.4 Å². The molecule has 7 nitrogen and oxygen atoms in total. The molecule has 0 radical (unpaired) electrons. The van der Waals surface area contributed by atoms with Crippen LogP contribution in [-0.4, -0.2) is 20.9 Å². The van der Waals surface area contributed by atoms with Crippen molar-refractivity contribution in [1.82, 2.24) is 10.0 Å². The zero-order valence-corrected chi connectivity index (χ0v) is 18.4. The van der Waals surface area contributed by atoms with E-state index in [0.717, 1.165) is 27.9 Å². The number of furan rings is 1. The Kier molecular flexibility index (Phi) is 8.79. The van der Waals surface area contributed by atoms with Gasteiger partial charge in [-0.25, -0.2) is 13.1 Å². The minimum absolute atomic E-state index is 0.0218. The number of nitrogens with one attached hydrogen (secondary N) is 2. The first-order chi connectivity index (χ1) is 15.5. The minimum Gasteiger partial charge on any atom is -0.467 e. The molecule has 32 heavy (non-hydrogen) atoms. The van der Waals surface area contributed by atoms with Crippen molar-refractivity contribution < 1.29 is 22.4 Å². The highest BCUT2D eigenvalue weighted by atomic mass is 32.2. The molecule has 3 rings (SSSR count). The molecule has 1 amide bonds. The maximum absolute atomic E-state index is 12.1. The van der Waals surface area contributed by atoms with E-state index in [9.17, 15) is 13.2 Å². The van der Waals surface area contributed by atoms with Crippen LogP contribution in [0.2, 0.25) is 0 Å². The van der Waals surface area contributed by atoms with Crippen LogP contribution in [0.4, 0.5) is 0 Å². The third-order valence-corrected chi connectivity index (χ3v) is 5.57. The van der Waals surface area contributed by atoms with Crippen LogP contribution in [-0.2, 0) is 39.3 Å². The Balaban J connectivity index is 1.36. The van der Waals surface area contributed by atoms with Crippen molar-refractivity contribution in [2.75, 3.05) is 6.54 Å². The molecule has 1 heterocycles. The molecule has 0 spiro atoms. The number of hydrogen-bond donors (Lipinski definition) is 2. The average Bonchev–Trinajstić information content (AvgIpc) is 3.31. The second-order valence-corrected chi connectivity index (χ2v) is 8.72. The van der Waals surface area contributed by atoms with E-state index < -0.39 is 10.0 Å². The summed E-state index contributed by atoms with van der Waals surface area (Å²) in [5.74, 6) is 0.527. The SMILES string of the molecule is O=C(CCNS(=O)(=O)/C=C/c1ccccc1)NCc1cccc(COCc2ccco2)c1. The molecule has 168 valence electrons. The molecule has 0 atom stereocenters. The van der Waals surface area contributed by atoms with Crippen molar-refractivity contribution >= 4 is 22.0 Å². The number of ether oxygens (including phenoxy) is 1. The van der Waals surface area contributed by atoms with Gasteiger partial charge >= 0.3 is 0 Å². The number of benzene rings is 2. The van der Waals surface area contributed by atoms with Crippen molar-refractivity contribution in [3.8, 4) is 0 Å². The first-order valence-electron chi connectivity index (χ1n) is 10.2. The second-order valence-electron chi connectivity index (χ2n) is 7.07. The highest BCUT2D eigenvalue weighted by molar-refractivity contribution is 7.92. The lowest BCUT2D eigenvalue weighted by atomic mass is 10.1. The van der Waals surface area contributed by atoms with Crippen LogP contribution >= 0.6 is 0 Å². The number of amides is 1. The van der Waals surface area contributed by atoms with Gasteiger partial charge in [0, 0.05) is 24.9 Å². The van der Waals surface area contributed by atoms with E-state index >= 15 is 0 Å². The van der Waals surface area contributed by atoms with Gasteiger partial charge in [-0.2, -0.15) is 0 Å². The van der Waals surface area contributed by atoms with Gasteiger partial charge in [0.15, 0.2) is 0 Å². The molecule has 0 saturated carbocycles. The van der Waals surface area contributed by atoms with Gasteiger partial charge in [0.05, 0.1) is 12.9 Å². The van der Waals surface area contributed by atoms with E-state index in [1.165, 1.54) is 6.08 Å². The lowest BCUT2D eigenvalue weighted by Crippen LogP contribution is -2.29. The lowest BCUT2D eigenvalue weighted by molar-refractivity contribution is -0.121. The van der Waals surface area contributed by atoms with Gasteiger partial charge in [-0.05, 0) is 34.9 Å². The minimum atomic E-state index is -3.60. The molecule has 0 aliphatic heterocycles. The van der Waals surface area contributed by atoms with Crippen LogP contribution in [0.1, 0.15) is 28.9 Å². The molecular weight excluding hydrogens is 428 g/mol. The van der Waals surface area contributed by atoms with Gasteiger partial charge in [0.1, 0.15) is 12.4 Å². The molecule has 2 N–H and O–H groups in total. The molecule has 0 saturated heterocycles. The molecular formula is C24H26N2O5S. The highest BCUT2D eigenvalue weighted by Gasteiger charge is 2.07. The number of hydrogen-bond acceptors (Lipinski definition) is 5. The molecule has 0 aliphatic rings. The van der Waals surface area contributed by atoms with Gasteiger partial charge in [0.2, 0.25) is 15.9 Å². The van der Waals surface area contributed by atoms with Crippen LogP contribution in [0.5, 0.6) is 0 Å². The summed E-state index contributed by atoms with van der Waals surface area (Å²) in [5, 5.41) is 3.90. The monoisotopic (exact) mass is 454 g/mol. The van der Waals surface area contributed by atoms with Crippen LogP contribution in [0.15, 0.2) is 82.8 Å². The van der Waals surface area contributed by atoms with Gasteiger partial charge in [-0.3, -0.25) is 4.79 Å². The van der Waals surface area contributed by atoms with Crippen molar-refractivity contribution in [2.45, 2.75) is 26.2 Å². The number of sulfonamides is 1. The summed E-state index contributed by atoms with van der Waals surface area (Å²) in [6, 6.07) is 20.5. The molecule has 8 heteroatoms. The van der Waals surface area contributed by atoms with Crippen molar-refractivity contribution in [3.63, 3.8) is 0 Å². The standard InChI is InChI=1S/C24H26N2O5S/c27-24(11-13-26-32(28,29)15-12-20-6-2-1-3-7-20)25-17-21-8-4-9-22(16-21)18-30-19-23-10-5-14-31-23/h1-10,12,14-16,26H,11,13,17-19H2,(H,25,27)/b15-12+. The fourth-order valence-electron chi connectivity index (χ4n) is 2.87. The highest BCUT2D eigenvalue weighted by Crippen LogP contribution is 2.09. The first kappa shape index (κ1) is 23.5. The second kappa shape index (κ2) is 12.0. The molecule has 0 aliphatic carbocycles. The molecule has 0 fully saturated rings. The predicted octanol–water partition coefficient (Wildman–Crippen LogP) is 3.59. The van der Waals surface area contributed by atoms with E-state index in [-0.39, 0.29) is 18.9 Å². The maximum Gasteiger partial charge on any atom is 0.233 e. The van der Waals surface area contributed by atoms with Crippen LogP contribution < -0.4 is 10.0 Å². The van der Waals surface area contributed by atoms with Gasteiger partial charge in [0.25, 0.3) is 0 Å². The number of carbonyl (C=O) groups excluding carboxylic acids is 1. The lowest BCUT2D eigenvalue weighted by Gasteiger charge is -2.08. The van der Waals surface area contributed by atoms with Crippen molar-refractivity contribution in [3.05, 3.63) is 101 Å². The van der Waals surface area contributed by atoms with Crippen molar-refractivity contribution in [1.29, 1.82) is 0 Å². The third-order valence-electron chi connectivity index (χ3n) is 4.47. The molecule has 2 aromatic carbocycles. The average molecular weight is 455 g/mol. The summed E-state index contributed by atoms with van der Waals surface area (Å²) in [6.45, 7) is 1.20. The zero-order valence-electron chi connectivity index (χ0n) is 17.6. The Labute approximate surface area is 188 Å². The van der Waals surface area contributed by atoms with Gasteiger partial charge in [-0.15, -0.1) is 0 Å². The summed E-state index contributed by atoms with van der Waals surface area (Å²) in [4.78, 5) is 12.1. The zero-order chi connectivity index (χ0) is 22.7. The van der Waals surface area contributed by atoms with E-state index in [4.69, 9.17) is 9.15 Å². The Morgan fingerprint density at radius 1 is 0.969 bits per heavy atom. The summed E-state index contributed by atoms with van der Waals surface area (Å²) >= 11 is 0. The normalized spacial score (nSPS) is 11.6. The quantitative estimate of drug-likeness (QED) is 0.436. The molecule has 0 bridgehead atoms. The van der Waals surface area contributed by atoms with Crippen molar-refractivity contribution in [2.24, 2.45) is 0 Å². The number of rotatable bonds is 12. The van der Waals surface area contributed by atoms with E-state index in [0.29, 0.717) is 19.8 Å². The Bertz CT molecular complexity index is 1110. The molecule has 1 aromatic heterocycles. The topological polar surface area (TPSA) is 97.6 Å². The Morgan fingerprint density at radius 2 is 1.78 bits per heavy atom. The van der Waals surface area contributed by atoms with E-state index in [1.807, 2.05) is 54.6 Å². The number of carbonyl (C=O) groups is 1. The Morgan fingerprint density at radius 3 is 2.56 bits per heavy atom. The summed E-state index contributed by atoms with van der Waals surface area (Å²) in [6.07, 6.45) is 3.16. The van der Waals surface area contributed by atoms with Gasteiger partial charge in [-0.1, -0.05) is 54.6 Å². The molecule has 3 aromatic rings. The largest absolute Gasteiger partial charge is 0.467 e. The summed E-state index contributed by atoms with van der Waals surface area (Å²) in [7, 11) is -3.60. The predicted molar refractivity (Wildman–Crippen MR) is 123 cm³/mol. The molecule has 0 unspecified atom stereocenters. The smallest absolute Gasteiger partial charge is 0.233 e. The van der Waals surface area contributed by atoms with Crippen LogP contribution in [0.3, 0.4) is 0 Å². The summed E-state index contributed by atoms with van der Waals surface area (Å²) in [5.41, 5.74) is 2.70. The van der Waals surface area contributed by atoms with Crippen LogP contribution in [0.25, 0.3) is 6.08 Å². The van der Waals surface area contributed by atoms with Crippen LogP contribution in [0, 0.1) is 0 Å². The first-order valence-corrected chi connectivity index (χ1v) is 11.7. The third kappa shape index (κ3) is 8.50. The fourth-order valence-corrected chi connectivity index (χ4v) is 3.69. The van der Waals surface area contributed by atoms with E-state index in [2.05, 4.69) is 10.0 Å². The maximum atomic E-state index is 12.1. The fraction of sp³-hybridized carbons (Fsp3) is 0.208. The summed E-state index contributed by atoms with van der Waals surface area (Å²) < 4.78 is 37.3. The Hall–Kier alpha value is -3.20.